The third-order valence-corrected chi connectivity index (χ3v) is 3.93. The van der Waals surface area contributed by atoms with Gasteiger partial charge in [0.05, 0.1) is 5.56 Å². The van der Waals surface area contributed by atoms with Gasteiger partial charge in [-0.2, -0.15) is 13.2 Å². The van der Waals surface area contributed by atoms with Crippen LogP contribution in [0.2, 0.25) is 0 Å². The highest BCUT2D eigenvalue weighted by molar-refractivity contribution is 5.32. The summed E-state index contributed by atoms with van der Waals surface area (Å²) in [4.78, 5) is 0. The molecule has 136 valence electrons. The lowest BCUT2D eigenvalue weighted by Crippen LogP contribution is -2.32. The van der Waals surface area contributed by atoms with Crippen LogP contribution in [0, 0.1) is 6.92 Å². The fraction of sp³-hybridized carbons (Fsp3) is 0.556. The van der Waals surface area contributed by atoms with Crippen LogP contribution in [0.15, 0.2) is 30.5 Å². The number of hydrogen-bond donors (Lipinski definition) is 3. The van der Waals surface area contributed by atoms with Gasteiger partial charge in [0.15, 0.2) is 0 Å². The highest BCUT2D eigenvalue weighted by Gasteiger charge is 2.30. The van der Waals surface area contributed by atoms with Crippen LogP contribution < -0.4 is 16.0 Å². The van der Waals surface area contributed by atoms with Crippen molar-refractivity contribution < 1.29 is 13.2 Å². The molecule has 0 amide bonds. The largest absolute Gasteiger partial charge is 0.416 e. The lowest BCUT2D eigenvalue weighted by Gasteiger charge is -2.17. The molecule has 24 heavy (non-hydrogen) atoms. The van der Waals surface area contributed by atoms with Crippen LogP contribution in [0.25, 0.3) is 0 Å². The Balaban J connectivity index is 2.39. The van der Waals surface area contributed by atoms with Gasteiger partial charge in [0.2, 0.25) is 0 Å². The molecule has 0 aliphatic heterocycles. The Labute approximate surface area is 142 Å². The van der Waals surface area contributed by atoms with Crippen molar-refractivity contribution in [2.45, 2.75) is 45.5 Å². The second-order valence-corrected chi connectivity index (χ2v) is 6.12. The van der Waals surface area contributed by atoms with E-state index in [0.29, 0.717) is 24.7 Å². The normalized spacial score (nSPS) is 12.9. The Kier molecular flexibility index (Phi) is 8.28. The zero-order valence-electron chi connectivity index (χ0n) is 14.7. The van der Waals surface area contributed by atoms with Crippen LogP contribution in [0.5, 0.6) is 0 Å². The lowest BCUT2D eigenvalue weighted by molar-refractivity contribution is -0.137. The van der Waals surface area contributed by atoms with Gasteiger partial charge in [-0.15, -0.1) is 0 Å². The molecule has 1 aromatic rings. The van der Waals surface area contributed by atoms with Crippen molar-refractivity contribution in [3.05, 3.63) is 47.2 Å². The number of benzene rings is 1. The van der Waals surface area contributed by atoms with E-state index in [9.17, 15) is 13.2 Å². The number of alkyl halides is 3. The minimum Gasteiger partial charge on any atom is -0.384 e. The van der Waals surface area contributed by atoms with Crippen molar-refractivity contribution in [3.8, 4) is 0 Å². The summed E-state index contributed by atoms with van der Waals surface area (Å²) in [5.74, 6) is 0. The number of hydrogen-bond acceptors (Lipinski definition) is 3. The third kappa shape index (κ3) is 7.36. The molecule has 0 saturated carbocycles. The molecule has 0 saturated heterocycles. The van der Waals surface area contributed by atoms with Crippen molar-refractivity contribution >= 4 is 0 Å². The Morgan fingerprint density at radius 3 is 2.58 bits per heavy atom. The molecule has 1 atom stereocenters. The summed E-state index contributed by atoms with van der Waals surface area (Å²) in [5.41, 5.74) is 1.68. The predicted molar refractivity (Wildman–Crippen MR) is 92.8 cm³/mol. The van der Waals surface area contributed by atoms with Crippen LogP contribution >= 0.6 is 0 Å². The highest BCUT2D eigenvalue weighted by Crippen LogP contribution is 2.30. The number of rotatable bonds is 10. The lowest BCUT2D eigenvalue weighted by atomic mass is 10.0. The second kappa shape index (κ2) is 9.69. The number of halogens is 3. The molecule has 0 fully saturated rings. The van der Waals surface area contributed by atoms with E-state index in [4.69, 9.17) is 0 Å². The molecule has 3 nitrogen and oxygen atoms in total. The van der Waals surface area contributed by atoms with E-state index >= 15 is 0 Å². The average molecular weight is 343 g/mol. The van der Waals surface area contributed by atoms with Gasteiger partial charge < -0.3 is 16.0 Å². The zero-order chi connectivity index (χ0) is 18.2. The van der Waals surface area contributed by atoms with Crippen molar-refractivity contribution in [2.24, 2.45) is 0 Å². The smallest absolute Gasteiger partial charge is 0.384 e. The van der Waals surface area contributed by atoms with Crippen molar-refractivity contribution in [1.82, 2.24) is 16.0 Å². The van der Waals surface area contributed by atoms with Crippen LogP contribution in [0.3, 0.4) is 0 Å². The molecular formula is C18H28F3N3. The first-order valence-electron chi connectivity index (χ1n) is 8.20. The standard InChI is InChI=1S/C18H28F3N3/c1-13-10-17(18(19,20)21)8-7-16(13)12-24-15(3)11-23-14(2)6-5-9-22-4/h7-8,10,14,22-24H,3,5-6,9,11-12H2,1-2,4H3. The maximum absolute atomic E-state index is 12.7. The molecule has 1 aromatic carbocycles. The SMILES string of the molecule is C=C(CNC(C)CCCNC)NCc1ccc(C(F)(F)F)cc1C. The Morgan fingerprint density at radius 2 is 2.00 bits per heavy atom. The first-order chi connectivity index (χ1) is 11.2. The van der Waals surface area contributed by atoms with Crippen LogP contribution in [-0.4, -0.2) is 26.2 Å². The van der Waals surface area contributed by atoms with Gasteiger partial charge in [-0.25, -0.2) is 0 Å². The van der Waals surface area contributed by atoms with Crippen molar-refractivity contribution in [2.75, 3.05) is 20.1 Å². The van der Waals surface area contributed by atoms with Gasteiger partial charge in [-0.05, 0) is 63.5 Å². The molecule has 1 unspecified atom stereocenters. The second-order valence-electron chi connectivity index (χ2n) is 6.12. The van der Waals surface area contributed by atoms with Gasteiger partial charge in [0.25, 0.3) is 0 Å². The van der Waals surface area contributed by atoms with E-state index in [2.05, 4.69) is 29.5 Å². The third-order valence-electron chi connectivity index (χ3n) is 3.93. The van der Waals surface area contributed by atoms with Crippen molar-refractivity contribution in [1.29, 1.82) is 0 Å². The van der Waals surface area contributed by atoms with Crippen LogP contribution in [0.1, 0.15) is 36.5 Å². The van der Waals surface area contributed by atoms with E-state index in [-0.39, 0.29) is 0 Å². The summed E-state index contributed by atoms with van der Waals surface area (Å²) < 4.78 is 38.0. The molecule has 0 aliphatic carbocycles. The maximum atomic E-state index is 12.7. The monoisotopic (exact) mass is 343 g/mol. The van der Waals surface area contributed by atoms with Crippen LogP contribution in [-0.2, 0) is 12.7 Å². The van der Waals surface area contributed by atoms with E-state index in [1.165, 1.54) is 12.1 Å². The summed E-state index contributed by atoms with van der Waals surface area (Å²) in [7, 11) is 1.94. The molecule has 0 bridgehead atoms. The molecule has 0 heterocycles. The van der Waals surface area contributed by atoms with E-state index < -0.39 is 11.7 Å². The summed E-state index contributed by atoms with van der Waals surface area (Å²) in [6.07, 6.45) is -2.12. The molecular weight excluding hydrogens is 315 g/mol. The van der Waals surface area contributed by atoms with Gasteiger partial charge >= 0.3 is 6.18 Å². The zero-order valence-corrected chi connectivity index (χ0v) is 14.7. The molecule has 3 N–H and O–H groups in total. The summed E-state index contributed by atoms with van der Waals surface area (Å²) in [6.45, 7) is 9.89. The van der Waals surface area contributed by atoms with E-state index in [0.717, 1.165) is 36.7 Å². The Hall–Kier alpha value is -1.53. The first kappa shape index (κ1) is 20.5. The molecule has 0 radical (unpaired) electrons. The number of aryl methyl sites for hydroxylation is 1. The van der Waals surface area contributed by atoms with Crippen molar-refractivity contribution in [3.63, 3.8) is 0 Å². The Morgan fingerprint density at radius 1 is 1.29 bits per heavy atom. The summed E-state index contributed by atoms with van der Waals surface area (Å²) in [6, 6.07) is 4.22. The quantitative estimate of drug-likeness (QED) is 0.568. The summed E-state index contributed by atoms with van der Waals surface area (Å²) in [5, 5.41) is 9.67. The molecule has 0 aromatic heterocycles. The topological polar surface area (TPSA) is 36.1 Å². The number of nitrogens with one attached hydrogen (secondary N) is 3. The minimum atomic E-state index is -4.30. The fourth-order valence-corrected chi connectivity index (χ4v) is 2.34. The highest BCUT2D eigenvalue weighted by atomic mass is 19.4. The van der Waals surface area contributed by atoms with E-state index in [1.807, 2.05) is 7.05 Å². The Bertz CT molecular complexity index is 527. The molecule has 1 rings (SSSR count). The minimum absolute atomic E-state index is 0.393. The first-order valence-corrected chi connectivity index (χ1v) is 8.20. The predicted octanol–water partition coefficient (Wildman–Crippen LogP) is 3.59. The molecule has 0 aliphatic rings. The molecule has 0 spiro atoms. The average Bonchev–Trinajstić information content (AvgIpc) is 2.51. The molecule has 6 heteroatoms. The van der Waals surface area contributed by atoms with Crippen LogP contribution in [0.4, 0.5) is 13.2 Å². The van der Waals surface area contributed by atoms with E-state index in [1.54, 1.807) is 6.92 Å². The van der Waals surface area contributed by atoms with Gasteiger partial charge in [0.1, 0.15) is 0 Å². The fourth-order valence-electron chi connectivity index (χ4n) is 2.34. The van der Waals surface area contributed by atoms with Gasteiger partial charge in [-0.1, -0.05) is 12.6 Å². The maximum Gasteiger partial charge on any atom is 0.416 e. The van der Waals surface area contributed by atoms with Gasteiger partial charge in [0, 0.05) is 24.8 Å². The summed E-state index contributed by atoms with van der Waals surface area (Å²) >= 11 is 0. The van der Waals surface area contributed by atoms with Gasteiger partial charge in [-0.3, -0.25) is 0 Å².